The van der Waals surface area contributed by atoms with Gasteiger partial charge in [-0.15, -0.1) is 0 Å². The zero-order chi connectivity index (χ0) is 8.74. The van der Waals surface area contributed by atoms with Gasteiger partial charge < -0.3 is 0 Å². The topological polar surface area (TPSA) is 0 Å². The van der Waals surface area contributed by atoms with Gasteiger partial charge in [-0.3, -0.25) is 0 Å². The Bertz CT molecular complexity index is 142. The Morgan fingerprint density at radius 2 is 1.64 bits per heavy atom. The lowest BCUT2D eigenvalue weighted by Crippen LogP contribution is -2.03. The van der Waals surface area contributed by atoms with E-state index in [1.165, 1.54) is 6.08 Å². The van der Waals surface area contributed by atoms with Crippen LogP contribution in [0.1, 0.15) is 19.8 Å². The minimum Gasteiger partial charge on any atom is -0.171 e. The van der Waals surface area contributed by atoms with Crippen LogP contribution < -0.4 is 0 Å². The van der Waals surface area contributed by atoms with Crippen molar-refractivity contribution in [1.29, 1.82) is 0 Å². The molecule has 0 amide bonds. The summed E-state index contributed by atoms with van der Waals surface area (Å²) in [6.07, 6.45) is 1.86. The molecular weight excluding hydrogens is 153 g/mol. The third kappa shape index (κ3) is 9.27. The third-order valence-electron chi connectivity index (χ3n) is 0.968. The van der Waals surface area contributed by atoms with Crippen molar-refractivity contribution in [2.45, 2.75) is 25.9 Å². The molecule has 0 atom stereocenters. The molecule has 0 unspecified atom stereocenters. The lowest BCUT2D eigenvalue weighted by molar-refractivity contribution is -0.125. The maximum Gasteiger partial charge on any atom is 0.392 e. The van der Waals surface area contributed by atoms with Crippen LogP contribution in [0.4, 0.5) is 13.2 Å². The van der Waals surface area contributed by atoms with E-state index in [9.17, 15) is 13.2 Å². The van der Waals surface area contributed by atoms with Gasteiger partial charge in [0.15, 0.2) is 0 Å². The Hall–Kier alpha value is -0.730. The van der Waals surface area contributed by atoms with Crippen molar-refractivity contribution in [2.24, 2.45) is 0 Å². The number of hydrogen-bond acceptors (Lipinski definition) is 0. The van der Waals surface area contributed by atoms with Crippen LogP contribution in [-0.4, -0.2) is 6.18 Å². The highest BCUT2D eigenvalue weighted by Gasteiger charge is 2.24. The van der Waals surface area contributed by atoms with Crippen LogP contribution in [0.3, 0.4) is 0 Å². The minimum absolute atomic E-state index is 0.844. The molecule has 0 spiro atoms. The molecule has 0 heterocycles. The van der Waals surface area contributed by atoms with E-state index in [4.69, 9.17) is 0 Å². The second-order valence-corrected chi connectivity index (χ2v) is 2.08. The zero-order valence-electron chi connectivity index (χ0n) is 6.36. The first-order valence-electron chi connectivity index (χ1n) is 3.44. The van der Waals surface area contributed by atoms with Gasteiger partial charge in [-0.25, -0.2) is 0 Å². The van der Waals surface area contributed by atoms with E-state index in [2.05, 4.69) is 0 Å². The highest BCUT2D eigenvalue weighted by Crippen LogP contribution is 2.19. The van der Waals surface area contributed by atoms with Gasteiger partial charge in [0, 0.05) is 0 Å². The summed E-state index contributed by atoms with van der Waals surface area (Å²) in [5.41, 5.74) is 0. The highest BCUT2D eigenvalue weighted by atomic mass is 19.4. The normalized spacial score (nSPS) is 13.5. The summed E-state index contributed by atoms with van der Waals surface area (Å²) in [5, 5.41) is 0. The SMILES string of the molecule is CCC=CC=CCC(F)(F)F. The first kappa shape index (κ1) is 10.3. The Morgan fingerprint density at radius 3 is 2.09 bits per heavy atom. The third-order valence-corrected chi connectivity index (χ3v) is 0.968. The molecule has 0 saturated heterocycles. The van der Waals surface area contributed by atoms with Crippen molar-refractivity contribution < 1.29 is 13.2 Å². The molecule has 0 aromatic rings. The number of hydrogen-bond donors (Lipinski definition) is 0. The fraction of sp³-hybridized carbons (Fsp3) is 0.500. The van der Waals surface area contributed by atoms with Crippen molar-refractivity contribution >= 4 is 0 Å². The standard InChI is InChI=1S/C8H11F3/c1-2-3-4-5-6-7-8(9,10)11/h3-6H,2,7H2,1H3. The molecule has 0 radical (unpaired) electrons. The average molecular weight is 164 g/mol. The van der Waals surface area contributed by atoms with Gasteiger partial charge in [-0.05, 0) is 6.42 Å². The first-order chi connectivity index (χ1) is 5.06. The molecule has 0 aliphatic carbocycles. The van der Waals surface area contributed by atoms with Crippen molar-refractivity contribution in [3.63, 3.8) is 0 Å². The van der Waals surface area contributed by atoms with Crippen molar-refractivity contribution in [2.75, 3.05) is 0 Å². The molecule has 3 heteroatoms. The van der Waals surface area contributed by atoms with Gasteiger partial charge in [-0.1, -0.05) is 31.2 Å². The Morgan fingerprint density at radius 1 is 1.09 bits per heavy atom. The summed E-state index contributed by atoms with van der Waals surface area (Å²) in [6, 6.07) is 0. The van der Waals surface area contributed by atoms with Crippen LogP contribution in [0.15, 0.2) is 24.3 Å². The summed E-state index contributed by atoms with van der Waals surface area (Å²) in [6.45, 7) is 1.92. The largest absolute Gasteiger partial charge is 0.392 e. The maximum absolute atomic E-state index is 11.5. The molecule has 0 aromatic heterocycles. The molecule has 0 aromatic carbocycles. The van der Waals surface area contributed by atoms with Gasteiger partial charge in [-0.2, -0.15) is 13.2 Å². The lowest BCUT2D eigenvalue weighted by Gasteiger charge is -1.98. The molecule has 0 rings (SSSR count). The van der Waals surface area contributed by atoms with Gasteiger partial charge in [0.1, 0.15) is 0 Å². The van der Waals surface area contributed by atoms with Gasteiger partial charge >= 0.3 is 6.18 Å². The van der Waals surface area contributed by atoms with E-state index in [0.717, 1.165) is 12.5 Å². The Balaban J connectivity index is 3.53. The zero-order valence-corrected chi connectivity index (χ0v) is 6.36. The molecule has 0 bridgehead atoms. The smallest absolute Gasteiger partial charge is 0.171 e. The summed E-state index contributed by atoms with van der Waals surface area (Å²) in [4.78, 5) is 0. The quantitative estimate of drug-likeness (QED) is 0.560. The number of rotatable bonds is 3. The van der Waals surface area contributed by atoms with Crippen LogP contribution in [-0.2, 0) is 0 Å². The molecule has 11 heavy (non-hydrogen) atoms. The van der Waals surface area contributed by atoms with Crippen molar-refractivity contribution in [3.8, 4) is 0 Å². The van der Waals surface area contributed by atoms with Gasteiger partial charge in [0.2, 0.25) is 0 Å². The number of halogens is 3. The van der Waals surface area contributed by atoms with E-state index in [1.807, 2.05) is 6.92 Å². The van der Waals surface area contributed by atoms with E-state index >= 15 is 0 Å². The summed E-state index contributed by atoms with van der Waals surface area (Å²) in [7, 11) is 0. The van der Waals surface area contributed by atoms with Gasteiger partial charge in [0.05, 0.1) is 6.42 Å². The van der Waals surface area contributed by atoms with Crippen LogP contribution in [0.25, 0.3) is 0 Å². The predicted octanol–water partition coefficient (Wildman–Crippen LogP) is 3.46. The predicted molar refractivity (Wildman–Crippen MR) is 39.2 cm³/mol. The van der Waals surface area contributed by atoms with Crippen LogP contribution in [0.2, 0.25) is 0 Å². The van der Waals surface area contributed by atoms with Crippen molar-refractivity contribution in [1.82, 2.24) is 0 Å². The summed E-state index contributed by atoms with van der Waals surface area (Å²) >= 11 is 0. The van der Waals surface area contributed by atoms with Crippen LogP contribution in [0.5, 0.6) is 0 Å². The molecule has 0 aliphatic heterocycles. The van der Waals surface area contributed by atoms with Gasteiger partial charge in [0.25, 0.3) is 0 Å². The molecule has 0 nitrogen and oxygen atoms in total. The van der Waals surface area contributed by atoms with E-state index in [-0.39, 0.29) is 0 Å². The monoisotopic (exact) mass is 164 g/mol. The van der Waals surface area contributed by atoms with Crippen LogP contribution >= 0.6 is 0 Å². The van der Waals surface area contributed by atoms with Crippen molar-refractivity contribution in [3.05, 3.63) is 24.3 Å². The second-order valence-electron chi connectivity index (χ2n) is 2.08. The molecular formula is C8H11F3. The molecule has 0 fully saturated rings. The molecule has 64 valence electrons. The van der Waals surface area contributed by atoms with E-state index < -0.39 is 12.6 Å². The second kappa shape index (κ2) is 4.99. The summed E-state index contributed by atoms with van der Waals surface area (Å²) in [5.74, 6) is 0. The van der Waals surface area contributed by atoms with E-state index in [1.54, 1.807) is 12.2 Å². The fourth-order valence-corrected chi connectivity index (χ4v) is 0.495. The average Bonchev–Trinajstić information content (AvgIpc) is 1.85. The van der Waals surface area contributed by atoms with E-state index in [0.29, 0.717) is 0 Å². The molecule has 0 aliphatic rings. The van der Waals surface area contributed by atoms with Crippen LogP contribution in [0, 0.1) is 0 Å². The fourth-order valence-electron chi connectivity index (χ4n) is 0.495. The number of allylic oxidation sites excluding steroid dienone is 4. The Kier molecular flexibility index (Phi) is 4.66. The number of alkyl halides is 3. The minimum atomic E-state index is -4.07. The first-order valence-corrected chi connectivity index (χ1v) is 3.44. The summed E-state index contributed by atoms with van der Waals surface area (Å²) < 4.78 is 34.5. The Labute approximate surface area is 64.4 Å². The highest BCUT2D eigenvalue weighted by molar-refractivity contribution is 5.02. The molecule has 0 saturated carbocycles. The maximum atomic E-state index is 11.5. The lowest BCUT2D eigenvalue weighted by atomic mass is 10.3. The molecule has 0 N–H and O–H groups in total.